The number of aliphatic imine (C=N–C) groups is 1. The fourth-order valence-electron chi connectivity index (χ4n) is 3.25. The van der Waals surface area contributed by atoms with Crippen molar-refractivity contribution in [1.29, 1.82) is 0 Å². The topological polar surface area (TPSA) is 165 Å². The van der Waals surface area contributed by atoms with Crippen molar-refractivity contribution in [3.05, 3.63) is 53.3 Å². The monoisotopic (exact) mass is 490 g/mol. The number of pyridine rings is 1. The van der Waals surface area contributed by atoms with Gasteiger partial charge < -0.3 is 31.5 Å². The van der Waals surface area contributed by atoms with Crippen LogP contribution in [-0.2, 0) is 9.59 Å². The van der Waals surface area contributed by atoms with Crippen LogP contribution in [0.5, 0.6) is 5.75 Å². The molecule has 1 aromatic heterocycles. The molecular formula is C22H24F2N6O5. The number of carbonyl (C=O) groups excluding carboxylic acids is 2. The molecule has 1 aliphatic rings. The number of hydrogen-bond acceptors (Lipinski definition) is 8. The number of guanidine groups is 1. The van der Waals surface area contributed by atoms with E-state index in [4.69, 9.17) is 0 Å². The molecule has 35 heavy (non-hydrogen) atoms. The Kier molecular flexibility index (Phi) is 7.79. The average molecular weight is 490 g/mol. The van der Waals surface area contributed by atoms with E-state index in [1.807, 2.05) is 0 Å². The van der Waals surface area contributed by atoms with Crippen LogP contribution in [0.4, 0.5) is 14.5 Å². The summed E-state index contributed by atoms with van der Waals surface area (Å²) in [6.45, 7) is 0.0353. The summed E-state index contributed by atoms with van der Waals surface area (Å²) < 4.78 is 26.3. The predicted octanol–water partition coefficient (Wildman–Crippen LogP) is 1.16. The summed E-state index contributed by atoms with van der Waals surface area (Å²) in [6.07, 6.45) is 2.14. The number of carboxylic acid groups (broad SMARTS) is 1. The second kappa shape index (κ2) is 10.8. The van der Waals surface area contributed by atoms with Crippen molar-refractivity contribution in [1.82, 2.24) is 20.9 Å². The average Bonchev–Trinajstić information content (AvgIpc) is 2.80. The standard InChI is InChI=1S/C22H24F2N6O5/c1-12-2-3-17(31)15(4-12)16(6-19(33)34)30-18(32)9-26-20(35)13-5-14(8-25-7-13)29-21-27-10-22(23,24)11-28-21/h2-5,7-8,16,31H,6,9-11H2,1H3,(H,26,35)(H,30,32)(H,33,34)(H2,27,28,29). The molecule has 0 saturated heterocycles. The van der Waals surface area contributed by atoms with Gasteiger partial charge in [0.1, 0.15) is 12.3 Å². The summed E-state index contributed by atoms with van der Waals surface area (Å²) in [5.74, 6) is -5.49. The van der Waals surface area contributed by atoms with E-state index in [0.717, 1.165) is 5.56 Å². The molecule has 2 heterocycles. The smallest absolute Gasteiger partial charge is 0.305 e. The Hall–Kier alpha value is -4.29. The molecule has 1 unspecified atom stereocenters. The molecule has 6 N–H and O–H groups in total. The number of aryl methyl sites for hydroxylation is 1. The molecular weight excluding hydrogens is 466 g/mol. The lowest BCUT2D eigenvalue weighted by Crippen LogP contribution is -2.46. The number of aromatic hydroxyl groups is 1. The van der Waals surface area contributed by atoms with E-state index in [9.17, 15) is 33.4 Å². The summed E-state index contributed by atoms with van der Waals surface area (Å²) in [6, 6.07) is 5.00. The van der Waals surface area contributed by atoms with Gasteiger partial charge in [0.25, 0.3) is 11.8 Å². The van der Waals surface area contributed by atoms with Crippen LogP contribution in [0.1, 0.15) is 33.9 Å². The molecule has 2 amide bonds. The van der Waals surface area contributed by atoms with Gasteiger partial charge in [-0.1, -0.05) is 17.7 Å². The third-order valence-electron chi connectivity index (χ3n) is 4.93. The second-order valence-electron chi connectivity index (χ2n) is 7.92. The van der Waals surface area contributed by atoms with Crippen molar-refractivity contribution in [2.24, 2.45) is 4.99 Å². The van der Waals surface area contributed by atoms with Gasteiger partial charge in [-0.3, -0.25) is 19.4 Å². The molecule has 2 aromatic rings. The number of phenols is 1. The van der Waals surface area contributed by atoms with Gasteiger partial charge in [0, 0.05) is 11.8 Å². The van der Waals surface area contributed by atoms with Gasteiger partial charge in [-0.05, 0) is 19.1 Å². The quantitative estimate of drug-likeness (QED) is 0.321. The number of halogens is 2. The zero-order valence-corrected chi connectivity index (χ0v) is 18.6. The Balaban J connectivity index is 1.59. The fourth-order valence-corrected chi connectivity index (χ4v) is 3.25. The number of nitrogens with zero attached hydrogens (tertiary/aromatic N) is 2. The van der Waals surface area contributed by atoms with E-state index >= 15 is 0 Å². The van der Waals surface area contributed by atoms with E-state index in [2.05, 4.69) is 31.2 Å². The zero-order chi connectivity index (χ0) is 25.6. The summed E-state index contributed by atoms with van der Waals surface area (Å²) in [5.41, 5.74) is 1.41. The molecule has 0 saturated carbocycles. The van der Waals surface area contributed by atoms with Crippen LogP contribution in [0.15, 0.2) is 41.7 Å². The van der Waals surface area contributed by atoms with E-state index in [0.29, 0.717) is 5.69 Å². The fraction of sp³-hybridized carbons (Fsp3) is 0.318. The first-order chi connectivity index (χ1) is 16.5. The molecule has 0 fully saturated rings. The van der Waals surface area contributed by atoms with Crippen LogP contribution in [-0.4, -0.2) is 64.5 Å². The van der Waals surface area contributed by atoms with Crippen molar-refractivity contribution in [2.45, 2.75) is 25.3 Å². The lowest BCUT2D eigenvalue weighted by atomic mass is 10.0. The maximum absolute atomic E-state index is 13.2. The maximum atomic E-state index is 13.2. The molecule has 186 valence electrons. The molecule has 0 spiro atoms. The first-order valence-electron chi connectivity index (χ1n) is 10.5. The number of phenolic OH excluding ortho intramolecular Hbond substituents is 1. The number of carbonyl (C=O) groups is 3. The van der Waals surface area contributed by atoms with Gasteiger partial charge >= 0.3 is 5.97 Å². The van der Waals surface area contributed by atoms with Gasteiger partial charge in [0.2, 0.25) is 5.91 Å². The molecule has 1 atom stereocenters. The minimum absolute atomic E-state index is 0.0861. The number of anilines is 1. The van der Waals surface area contributed by atoms with Crippen LogP contribution >= 0.6 is 0 Å². The number of carboxylic acids is 1. The number of amides is 2. The van der Waals surface area contributed by atoms with Crippen molar-refractivity contribution in [3.8, 4) is 5.75 Å². The molecule has 1 aliphatic heterocycles. The molecule has 1 aromatic carbocycles. The first-order valence-corrected chi connectivity index (χ1v) is 10.5. The molecule has 0 radical (unpaired) electrons. The summed E-state index contributed by atoms with van der Waals surface area (Å²) >= 11 is 0. The maximum Gasteiger partial charge on any atom is 0.305 e. The van der Waals surface area contributed by atoms with Crippen molar-refractivity contribution < 1.29 is 33.4 Å². The SMILES string of the molecule is Cc1ccc(O)c(C(CC(=O)O)NC(=O)CNC(=O)c2cncc(NC3=NCC(F)(F)CN3)c2)c1. The number of alkyl halides is 2. The van der Waals surface area contributed by atoms with Gasteiger partial charge in [-0.25, -0.2) is 13.8 Å². The van der Waals surface area contributed by atoms with Crippen LogP contribution in [0, 0.1) is 6.92 Å². The van der Waals surface area contributed by atoms with E-state index in [1.54, 1.807) is 19.1 Å². The predicted molar refractivity (Wildman–Crippen MR) is 121 cm³/mol. The number of hydrogen-bond donors (Lipinski definition) is 6. The third-order valence-corrected chi connectivity index (χ3v) is 4.93. The van der Waals surface area contributed by atoms with Gasteiger partial charge in [0.05, 0.1) is 43.0 Å². The highest BCUT2D eigenvalue weighted by Crippen LogP contribution is 2.27. The lowest BCUT2D eigenvalue weighted by molar-refractivity contribution is -0.137. The van der Waals surface area contributed by atoms with Crippen molar-refractivity contribution in [2.75, 3.05) is 25.0 Å². The minimum atomic E-state index is -2.94. The highest BCUT2D eigenvalue weighted by Gasteiger charge is 2.32. The molecule has 0 bridgehead atoms. The number of benzene rings is 1. The highest BCUT2D eigenvalue weighted by atomic mass is 19.3. The third kappa shape index (κ3) is 7.35. The van der Waals surface area contributed by atoms with Crippen LogP contribution in [0.2, 0.25) is 0 Å². The van der Waals surface area contributed by atoms with Crippen molar-refractivity contribution >= 4 is 29.4 Å². The summed E-state index contributed by atoms with van der Waals surface area (Å²) in [4.78, 5) is 43.8. The molecule has 0 aliphatic carbocycles. The Morgan fingerprint density at radius 2 is 2.00 bits per heavy atom. The molecule has 11 nitrogen and oxygen atoms in total. The number of aliphatic carboxylic acids is 1. The second-order valence-corrected chi connectivity index (χ2v) is 7.92. The highest BCUT2D eigenvalue weighted by molar-refractivity contribution is 5.99. The Labute approximate surface area is 198 Å². The molecule has 3 rings (SSSR count). The number of aromatic nitrogens is 1. The Bertz CT molecular complexity index is 1160. The van der Waals surface area contributed by atoms with Crippen LogP contribution in [0.25, 0.3) is 0 Å². The van der Waals surface area contributed by atoms with E-state index in [-0.39, 0.29) is 22.8 Å². The number of nitrogens with one attached hydrogen (secondary N) is 4. The van der Waals surface area contributed by atoms with E-state index < -0.39 is 55.8 Å². The normalized spacial score (nSPS) is 15.2. The first kappa shape index (κ1) is 25.3. The van der Waals surface area contributed by atoms with Gasteiger partial charge in [-0.2, -0.15) is 0 Å². The largest absolute Gasteiger partial charge is 0.508 e. The van der Waals surface area contributed by atoms with Gasteiger partial charge in [0.15, 0.2) is 5.96 Å². The Morgan fingerprint density at radius 3 is 2.69 bits per heavy atom. The number of rotatable bonds is 8. The summed E-state index contributed by atoms with van der Waals surface area (Å²) in [7, 11) is 0. The lowest BCUT2D eigenvalue weighted by Gasteiger charge is -2.23. The van der Waals surface area contributed by atoms with Crippen LogP contribution < -0.4 is 21.3 Å². The van der Waals surface area contributed by atoms with Crippen LogP contribution in [0.3, 0.4) is 0 Å². The summed E-state index contributed by atoms with van der Waals surface area (Å²) in [5, 5.41) is 29.4. The van der Waals surface area contributed by atoms with Crippen molar-refractivity contribution in [3.63, 3.8) is 0 Å². The van der Waals surface area contributed by atoms with E-state index in [1.165, 1.54) is 24.5 Å². The van der Waals surface area contributed by atoms with Gasteiger partial charge in [-0.15, -0.1) is 0 Å². The minimum Gasteiger partial charge on any atom is -0.508 e. The zero-order valence-electron chi connectivity index (χ0n) is 18.6. The Morgan fingerprint density at radius 1 is 1.23 bits per heavy atom. The molecule has 13 heteroatoms.